The summed E-state index contributed by atoms with van der Waals surface area (Å²) in [7, 11) is 1.88. The highest BCUT2D eigenvalue weighted by Gasteiger charge is 2.29. The van der Waals surface area contributed by atoms with Crippen LogP contribution in [-0.4, -0.2) is 61.0 Å². The summed E-state index contributed by atoms with van der Waals surface area (Å²) >= 11 is 0. The summed E-state index contributed by atoms with van der Waals surface area (Å²) in [5.74, 6) is 0.255. The molecule has 0 aromatic rings. The van der Waals surface area contributed by atoms with E-state index in [0.29, 0.717) is 6.04 Å². The lowest BCUT2D eigenvalue weighted by atomic mass is 10.1. The number of likely N-dealkylation sites (N-methyl/N-ethyl adjacent to an activating group) is 1. The van der Waals surface area contributed by atoms with Crippen molar-refractivity contribution in [2.45, 2.75) is 52.1 Å². The molecule has 0 aliphatic carbocycles. The molecule has 18 heavy (non-hydrogen) atoms. The molecule has 0 aromatic heterocycles. The van der Waals surface area contributed by atoms with Gasteiger partial charge in [-0.2, -0.15) is 0 Å². The molecule has 1 N–H and O–H groups in total. The van der Waals surface area contributed by atoms with Gasteiger partial charge in [-0.25, -0.2) is 0 Å². The maximum absolute atomic E-state index is 11.8. The molecule has 0 bridgehead atoms. The molecule has 0 spiro atoms. The maximum atomic E-state index is 11.8. The van der Waals surface area contributed by atoms with Crippen LogP contribution < -0.4 is 5.32 Å². The summed E-state index contributed by atoms with van der Waals surface area (Å²) in [6, 6.07) is 0.486. The van der Waals surface area contributed by atoms with E-state index in [9.17, 15) is 4.79 Å². The van der Waals surface area contributed by atoms with Gasteiger partial charge in [0.05, 0.1) is 6.04 Å². The van der Waals surface area contributed by atoms with Crippen molar-refractivity contribution in [2.24, 2.45) is 0 Å². The molecule has 0 radical (unpaired) electrons. The lowest BCUT2D eigenvalue weighted by Crippen LogP contribution is -2.42. The second-order valence-electron chi connectivity index (χ2n) is 5.34. The number of likely N-dealkylation sites (tertiary alicyclic amines) is 1. The van der Waals surface area contributed by atoms with Crippen LogP contribution in [0.25, 0.3) is 0 Å². The van der Waals surface area contributed by atoms with Crippen molar-refractivity contribution in [3.63, 3.8) is 0 Å². The standard InChI is InChI=1S/C14H29N3O/c1-5-17(6-2)10-7-8-12(3)15-13-9-11-16(4)14(13)18/h12-13,15H,5-11H2,1-4H3. The summed E-state index contributed by atoms with van der Waals surface area (Å²) in [6.07, 6.45) is 3.30. The number of nitrogens with zero attached hydrogens (tertiary/aromatic N) is 2. The highest BCUT2D eigenvalue weighted by Crippen LogP contribution is 2.10. The summed E-state index contributed by atoms with van der Waals surface area (Å²) in [5, 5.41) is 3.46. The molecular formula is C14H29N3O. The van der Waals surface area contributed by atoms with Gasteiger partial charge in [-0.1, -0.05) is 13.8 Å². The quantitative estimate of drug-likeness (QED) is 0.710. The van der Waals surface area contributed by atoms with Crippen molar-refractivity contribution in [1.29, 1.82) is 0 Å². The first-order chi connectivity index (χ1) is 8.58. The van der Waals surface area contributed by atoms with E-state index >= 15 is 0 Å². The molecule has 4 nitrogen and oxygen atoms in total. The zero-order chi connectivity index (χ0) is 13.5. The monoisotopic (exact) mass is 255 g/mol. The fraction of sp³-hybridized carbons (Fsp3) is 0.929. The minimum absolute atomic E-state index is 0.0541. The zero-order valence-corrected chi connectivity index (χ0v) is 12.4. The average molecular weight is 255 g/mol. The summed E-state index contributed by atoms with van der Waals surface area (Å²) in [4.78, 5) is 16.0. The number of hydrogen-bond acceptors (Lipinski definition) is 3. The Kier molecular flexibility index (Phi) is 6.65. The Hall–Kier alpha value is -0.610. The van der Waals surface area contributed by atoms with Crippen molar-refractivity contribution >= 4 is 5.91 Å². The zero-order valence-electron chi connectivity index (χ0n) is 12.4. The lowest BCUT2D eigenvalue weighted by molar-refractivity contribution is -0.128. The van der Waals surface area contributed by atoms with Crippen LogP contribution in [0.4, 0.5) is 0 Å². The van der Waals surface area contributed by atoms with Crippen molar-refractivity contribution in [2.75, 3.05) is 33.2 Å². The number of hydrogen-bond donors (Lipinski definition) is 1. The molecule has 1 saturated heterocycles. The Morgan fingerprint density at radius 2 is 2.11 bits per heavy atom. The van der Waals surface area contributed by atoms with E-state index in [0.717, 1.165) is 39.0 Å². The van der Waals surface area contributed by atoms with Gasteiger partial charge in [0, 0.05) is 19.6 Å². The minimum atomic E-state index is 0.0541. The smallest absolute Gasteiger partial charge is 0.239 e. The normalized spacial score (nSPS) is 21.9. The summed E-state index contributed by atoms with van der Waals surface area (Å²) in [6.45, 7) is 10.9. The van der Waals surface area contributed by atoms with Gasteiger partial charge in [-0.05, 0) is 45.8 Å². The average Bonchev–Trinajstić information content (AvgIpc) is 2.67. The molecule has 0 aromatic carbocycles. The first-order valence-corrected chi connectivity index (χ1v) is 7.31. The van der Waals surface area contributed by atoms with Gasteiger partial charge in [0.2, 0.25) is 5.91 Å². The second-order valence-corrected chi connectivity index (χ2v) is 5.34. The third-order valence-electron chi connectivity index (χ3n) is 3.92. The molecule has 1 fully saturated rings. The fourth-order valence-electron chi connectivity index (χ4n) is 2.56. The molecule has 106 valence electrons. The van der Waals surface area contributed by atoms with Crippen molar-refractivity contribution in [1.82, 2.24) is 15.1 Å². The molecule has 2 unspecified atom stereocenters. The lowest BCUT2D eigenvalue weighted by Gasteiger charge is -2.21. The van der Waals surface area contributed by atoms with Gasteiger partial charge >= 0.3 is 0 Å². The van der Waals surface area contributed by atoms with Crippen molar-refractivity contribution < 1.29 is 4.79 Å². The Labute approximate surface area is 112 Å². The van der Waals surface area contributed by atoms with E-state index in [4.69, 9.17) is 0 Å². The number of amides is 1. The molecule has 1 heterocycles. The molecular weight excluding hydrogens is 226 g/mol. The Bertz CT molecular complexity index is 253. The molecule has 4 heteroatoms. The Morgan fingerprint density at radius 1 is 1.44 bits per heavy atom. The number of carbonyl (C=O) groups excluding carboxylic acids is 1. The summed E-state index contributed by atoms with van der Waals surface area (Å²) < 4.78 is 0. The third-order valence-corrected chi connectivity index (χ3v) is 3.92. The van der Waals surface area contributed by atoms with Crippen LogP contribution in [0.1, 0.15) is 40.0 Å². The molecule has 0 saturated carbocycles. The Morgan fingerprint density at radius 3 is 2.61 bits per heavy atom. The van der Waals surface area contributed by atoms with Gasteiger partial charge < -0.3 is 15.1 Å². The third kappa shape index (κ3) is 4.58. The molecule has 1 rings (SSSR count). The van der Waals surface area contributed by atoms with E-state index in [1.807, 2.05) is 11.9 Å². The number of carbonyl (C=O) groups is 1. The van der Waals surface area contributed by atoms with Crippen LogP contribution in [0, 0.1) is 0 Å². The van der Waals surface area contributed by atoms with Gasteiger partial charge in [0.25, 0.3) is 0 Å². The van der Waals surface area contributed by atoms with Crippen molar-refractivity contribution in [3.05, 3.63) is 0 Å². The Balaban J connectivity index is 2.18. The van der Waals surface area contributed by atoms with Crippen molar-refractivity contribution in [3.8, 4) is 0 Å². The van der Waals surface area contributed by atoms with E-state index in [-0.39, 0.29) is 11.9 Å². The molecule has 1 amide bonds. The maximum Gasteiger partial charge on any atom is 0.239 e. The van der Waals surface area contributed by atoms with E-state index in [1.54, 1.807) is 0 Å². The second kappa shape index (κ2) is 7.74. The number of rotatable bonds is 8. The van der Waals surface area contributed by atoms with Crippen LogP contribution in [0.2, 0.25) is 0 Å². The summed E-state index contributed by atoms with van der Waals surface area (Å²) in [5.41, 5.74) is 0. The van der Waals surface area contributed by atoms with Gasteiger partial charge in [0.1, 0.15) is 0 Å². The van der Waals surface area contributed by atoms with Crippen LogP contribution >= 0.6 is 0 Å². The van der Waals surface area contributed by atoms with Crippen LogP contribution in [0.15, 0.2) is 0 Å². The van der Waals surface area contributed by atoms with Gasteiger partial charge in [-0.15, -0.1) is 0 Å². The predicted molar refractivity (Wildman–Crippen MR) is 75.7 cm³/mol. The molecule has 1 aliphatic rings. The first-order valence-electron chi connectivity index (χ1n) is 7.31. The van der Waals surface area contributed by atoms with Crippen LogP contribution in [0.3, 0.4) is 0 Å². The van der Waals surface area contributed by atoms with E-state index in [2.05, 4.69) is 31.0 Å². The predicted octanol–water partition coefficient (Wildman–Crippen LogP) is 1.32. The molecule has 1 aliphatic heterocycles. The fourth-order valence-corrected chi connectivity index (χ4v) is 2.56. The SMILES string of the molecule is CCN(CC)CCCC(C)NC1CCN(C)C1=O. The number of nitrogens with one attached hydrogen (secondary N) is 1. The topological polar surface area (TPSA) is 35.6 Å². The van der Waals surface area contributed by atoms with E-state index in [1.165, 1.54) is 6.42 Å². The largest absolute Gasteiger partial charge is 0.344 e. The first kappa shape index (κ1) is 15.4. The van der Waals surface area contributed by atoms with Gasteiger partial charge in [-0.3, -0.25) is 4.79 Å². The molecule has 2 atom stereocenters. The van der Waals surface area contributed by atoms with E-state index < -0.39 is 0 Å². The van der Waals surface area contributed by atoms with Gasteiger partial charge in [0.15, 0.2) is 0 Å². The van der Waals surface area contributed by atoms with Crippen LogP contribution in [-0.2, 0) is 4.79 Å². The van der Waals surface area contributed by atoms with Crippen LogP contribution in [0.5, 0.6) is 0 Å². The minimum Gasteiger partial charge on any atom is -0.344 e. The highest BCUT2D eigenvalue weighted by molar-refractivity contribution is 5.83. The highest BCUT2D eigenvalue weighted by atomic mass is 16.2.